The number of fused-ring (bicyclic) bond motifs is 1. The zero-order chi connectivity index (χ0) is 19.9. The quantitative estimate of drug-likeness (QED) is 0.685. The number of amides is 2. The van der Waals surface area contributed by atoms with Crippen LogP contribution in [0.25, 0.3) is 11.0 Å². The number of hydrogen-bond donors (Lipinski definition) is 2. The number of benzene rings is 1. The van der Waals surface area contributed by atoms with E-state index < -0.39 is 17.2 Å². The maximum Gasteiger partial charge on any atom is 0.252 e. The third-order valence-electron chi connectivity index (χ3n) is 4.78. The van der Waals surface area contributed by atoms with Crippen LogP contribution in [-0.4, -0.2) is 21.6 Å². The summed E-state index contributed by atoms with van der Waals surface area (Å²) in [5, 5.41) is 4.56. The summed E-state index contributed by atoms with van der Waals surface area (Å²) in [5.74, 6) is -0.398. The minimum Gasteiger partial charge on any atom is -0.487 e. The van der Waals surface area contributed by atoms with Crippen molar-refractivity contribution in [2.24, 2.45) is 18.5 Å². The monoisotopic (exact) mass is 370 g/mol. The van der Waals surface area contributed by atoms with Crippen LogP contribution >= 0.6 is 0 Å². The van der Waals surface area contributed by atoms with Crippen molar-refractivity contribution in [3.8, 4) is 5.75 Å². The molecule has 8 heteroatoms. The molecule has 2 heterocycles. The van der Waals surface area contributed by atoms with Gasteiger partial charge in [-0.3, -0.25) is 14.3 Å². The van der Waals surface area contributed by atoms with Crippen LogP contribution in [0.1, 0.15) is 41.2 Å². The molecule has 0 aliphatic rings. The molecule has 0 saturated carbocycles. The Balaban J connectivity index is 2.24. The molecule has 0 unspecified atom stereocenters. The summed E-state index contributed by atoms with van der Waals surface area (Å²) < 4.78 is 13.4. The van der Waals surface area contributed by atoms with Crippen LogP contribution < -0.4 is 16.2 Å². The third-order valence-corrected chi connectivity index (χ3v) is 4.78. The van der Waals surface area contributed by atoms with Crippen LogP contribution in [0.15, 0.2) is 28.8 Å². The fourth-order valence-corrected chi connectivity index (χ4v) is 3.14. The van der Waals surface area contributed by atoms with E-state index in [-0.39, 0.29) is 12.2 Å². The first-order valence-corrected chi connectivity index (χ1v) is 8.40. The number of aryl methyl sites for hydroxylation is 2. The van der Waals surface area contributed by atoms with Gasteiger partial charge in [0.15, 0.2) is 0 Å². The van der Waals surface area contributed by atoms with E-state index in [0.29, 0.717) is 28.0 Å². The Kier molecular flexibility index (Phi) is 4.43. The van der Waals surface area contributed by atoms with Crippen LogP contribution in [0.5, 0.6) is 5.75 Å². The van der Waals surface area contributed by atoms with Crippen molar-refractivity contribution in [1.82, 2.24) is 9.78 Å². The Morgan fingerprint density at radius 1 is 1.26 bits per heavy atom. The molecular weight excluding hydrogens is 348 g/mol. The molecule has 2 amide bonds. The predicted octanol–water partition coefficient (Wildman–Crippen LogP) is 1.92. The Bertz CT molecular complexity index is 1050. The largest absolute Gasteiger partial charge is 0.487 e. The van der Waals surface area contributed by atoms with E-state index in [2.05, 4.69) is 5.10 Å². The first-order valence-electron chi connectivity index (χ1n) is 8.40. The molecule has 0 aliphatic heterocycles. The van der Waals surface area contributed by atoms with Crippen molar-refractivity contribution in [2.75, 3.05) is 0 Å². The summed E-state index contributed by atoms with van der Waals surface area (Å²) in [7, 11) is 1.81. The SMILES string of the molecule is Cc1oc2ccc(OCc3ccnn3C)c(C(C)(C)C(N)=O)c2c1C(N)=O. The highest BCUT2D eigenvalue weighted by Crippen LogP contribution is 2.41. The number of carbonyl (C=O) groups is 2. The molecule has 4 N–H and O–H groups in total. The molecule has 0 spiro atoms. The van der Waals surface area contributed by atoms with E-state index in [4.69, 9.17) is 20.6 Å². The van der Waals surface area contributed by atoms with Crippen molar-refractivity contribution in [3.63, 3.8) is 0 Å². The van der Waals surface area contributed by atoms with E-state index in [1.165, 1.54) is 0 Å². The van der Waals surface area contributed by atoms with E-state index in [1.54, 1.807) is 50.8 Å². The van der Waals surface area contributed by atoms with Crippen molar-refractivity contribution >= 4 is 22.8 Å². The van der Waals surface area contributed by atoms with E-state index in [0.717, 1.165) is 5.69 Å². The standard InChI is InChI=1S/C19H22N4O4/c1-10-14(17(20)24)15-12(27-10)5-6-13(16(15)19(2,3)18(21)25)26-9-11-7-8-22-23(11)4/h5-8H,9H2,1-4H3,(H2,20,24)(H2,21,25). The lowest BCUT2D eigenvalue weighted by Gasteiger charge is -2.25. The number of aromatic nitrogens is 2. The smallest absolute Gasteiger partial charge is 0.252 e. The number of rotatable bonds is 6. The summed E-state index contributed by atoms with van der Waals surface area (Å²) >= 11 is 0. The molecule has 0 bridgehead atoms. The van der Waals surface area contributed by atoms with Crippen molar-refractivity contribution in [2.45, 2.75) is 32.8 Å². The first kappa shape index (κ1) is 18.5. The minimum absolute atomic E-state index is 0.223. The number of carbonyl (C=O) groups excluding carboxylic acids is 2. The van der Waals surface area contributed by atoms with Crippen LogP contribution in [-0.2, 0) is 23.9 Å². The highest BCUT2D eigenvalue weighted by molar-refractivity contribution is 6.10. The molecule has 0 aliphatic carbocycles. The second-order valence-electron chi connectivity index (χ2n) is 6.93. The lowest BCUT2D eigenvalue weighted by molar-refractivity contribution is -0.122. The Hall–Kier alpha value is -3.29. The van der Waals surface area contributed by atoms with Crippen molar-refractivity contribution < 1.29 is 18.7 Å². The Morgan fingerprint density at radius 2 is 1.96 bits per heavy atom. The van der Waals surface area contributed by atoms with Gasteiger partial charge in [0.2, 0.25) is 5.91 Å². The fourth-order valence-electron chi connectivity index (χ4n) is 3.14. The fraction of sp³-hybridized carbons (Fsp3) is 0.316. The van der Waals surface area contributed by atoms with Gasteiger partial charge in [0.05, 0.1) is 16.7 Å². The van der Waals surface area contributed by atoms with E-state index in [9.17, 15) is 9.59 Å². The molecule has 2 aromatic heterocycles. The average molecular weight is 370 g/mol. The van der Waals surface area contributed by atoms with Gasteiger partial charge in [0, 0.05) is 24.2 Å². The summed E-state index contributed by atoms with van der Waals surface area (Å²) in [5.41, 5.74) is 12.1. The lowest BCUT2D eigenvalue weighted by Crippen LogP contribution is -2.36. The third kappa shape index (κ3) is 3.03. The molecule has 142 valence electrons. The minimum atomic E-state index is -1.12. The number of nitrogens with zero attached hydrogens (tertiary/aromatic N) is 2. The van der Waals surface area contributed by atoms with Gasteiger partial charge in [-0.05, 0) is 39.0 Å². The van der Waals surface area contributed by atoms with Gasteiger partial charge in [-0.15, -0.1) is 0 Å². The number of nitrogens with two attached hydrogens (primary N) is 2. The maximum absolute atomic E-state index is 12.2. The molecule has 1 aromatic carbocycles. The highest BCUT2D eigenvalue weighted by Gasteiger charge is 2.36. The van der Waals surface area contributed by atoms with E-state index in [1.807, 2.05) is 6.07 Å². The van der Waals surface area contributed by atoms with Crippen molar-refractivity contribution in [3.05, 3.63) is 47.0 Å². The predicted molar refractivity (Wildman–Crippen MR) is 99.2 cm³/mol. The second-order valence-corrected chi connectivity index (χ2v) is 6.93. The summed E-state index contributed by atoms with van der Waals surface area (Å²) in [4.78, 5) is 24.2. The van der Waals surface area contributed by atoms with E-state index >= 15 is 0 Å². The molecule has 3 rings (SSSR count). The molecule has 27 heavy (non-hydrogen) atoms. The van der Waals surface area contributed by atoms with Gasteiger partial charge in [0.1, 0.15) is 23.7 Å². The average Bonchev–Trinajstić information content (AvgIpc) is 3.13. The molecule has 0 radical (unpaired) electrons. The van der Waals surface area contributed by atoms with Crippen LogP contribution in [0.3, 0.4) is 0 Å². The summed E-state index contributed by atoms with van der Waals surface area (Å²) in [6.07, 6.45) is 1.67. The number of furan rings is 1. The van der Waals surface area contributed by atoms with Gasteiger partial charge in [0.25, 0.3) is 5.91 Å². The van der Waals surface area contributed by atoms with Gasteiger partial charge in [-0.25, -0.2) is 0 Å². The van der Waals surface area contributed by atoms with Gasteiger partial charge in [-0.2, -0.15) is 5.10 Å². The lowest BCUT2D eigenvalue weighted by atomic mass is 9.80. The zero-order valence-electron chi connectivity index (χ0n) is 15.7. The molecule has 3 aromatic rings. The Labute approximate surface area is 156 Å². The zero-order valence-corrected chi connectivity index (χ0v) is 15.7. The van der Waals surface area contributed by atoms with Crippen molar-refractivity contribution in [1.29, 1.82) is 0 Å². The van der Waals surface area contributed by atoms with Crippen LogP contribution in [0.2, 0.25) is 0 Å². The summed E-state index contributed by atoms with van der Waals surface area (Å²) in [6.45, 7) is 5.23. The summed E-state index contributed by atoms with van der Waals surface area (Å²) in [6, 6.07) is 5.22. The number of hydrogen-bond acceptors (Lipinski definition) is 5. The first-order chi connectivity index (χ1) is 12.6. The van der Waals surface area contributed by atoms with Gasteiger partial charge >= 0.3 is 0 Å². The molecule has 0 saturated heterocycles. The molecule has 0 atom stereocenters. The topological polar surface area (TPSA) is 126 Å². The molecule has 8 nitrogen and oxygen atoms in total. The highest BCUT2D eigenvalue weighted by atomic mass is 16.5. The maximum atomic E-state index is 12.2. The molecular formula is C19H22N4O4. The number of ether oxygens (including phenoxy) is 1. The number of primary amides is 2. The molecule has 0 fully saturated rings. The Morgan fingerprint density at radius 3 is 2.52 bits per heavy atom. The normalized spacial score (nSPS) is 11.7. The van der Waals surface area contributed by atoms with Gasteiger partial charge in [-0.1, -0.05) is 0 Å². The van der Waals surface area contributed by atoms with Crippen LogP contribution in [0.4, 0.5) is 0 Å². The van der Waals surface area contributed by atoms with Gasteiger partial charge < -0.3 is 20.6 Å². The van der Waals surface area contributed by atoms with Crippen LogP contribution in [0, 0.1) is 6.92 Å². The second kappa shape index (κ2) is 6.46.